The molecule has 0 bridgehead atoms. The first-order chi connectivity index (χ1) is 12.6. The zero-order chi connectivity index (χ0) is 18.1. The van der Waals surface area contributed by atoms with Gasteiger partial charge in [0.1, 0.15) is 0 Å². The molecule has 1 fully saturated rings. The summed E-state index contributed by atoms with van der Waals surface area (Å²) in [6.45, 7) is 2.11. The Balaban J connectivity index is 1.36. The van der Waals surface area contributed by atoms with Crippen molar-refractivity contribution in [1.29, 1.82) is 0 Å². The molecule has 7 heteroatoms. The van der Waals surface area contributed by atoms with E-state index in [4.69, 9.17) is 0 Å². The summed E-state index contributed by atoms with van der Waals surface area (Å²) in [5.41, 5.74) is 3.13. The van der Waals surface area contributed by atoms with Crippen molar-refractivity contribution in [3.8, 4) is 0 Å². The van der Waals surface area contributed by atoms with Crippen molar-refractivity contribution in [3.63, 3.8) is 0 Å². The van der Waals surface area contributed by atoms with Gasteiger partial charge in [0.25, 0.3) is 5.91 Å². The van der Waals surface area contributed by atoms with Crippen LogP contribution >= 0.6 is 0 Å². The Hall–Kier alpha value is -3.09. The van der Waals surface area contributed by atoms with Gasteiger partial charge >= 0.3 is 0 Å². The molecule has 7 nitrogen and oxygen atoms in total. The first-order valence-electron chi connectivity index (χ1n) is 8.72. The molecule has 0 spiro atoms. The zero-order valence-electron chi connectivity index (χ0n) is 14.3. The third-order valence-corrected chi connectivity index (χ3v) is 4.90. The Kier molecular flexibility index (Phi) is 4.20. The number of aromatic nitrogens is 1. The van der Waals surface area contributed by atoms with Crippen molar-refractivity contribution in [1.82, 2.24) is 14.8 Å². The van der Waals surface area contributed by atoms with Crippen LogP contribution in [-0.4, -0.2) is 58.7 Å². The van der Waals surface area contributed by atoms with Crippen molar-refractivity contribution in [2.45, 2.75) is 12.8 Å². The summed E-state index contributed by atoms with van der Waals surface area (Å²) in [5.74, 6) is -0.0240. The molecular weight excluding hydrogens is 332 g/mol. The molecule has 2 aliphatic rings. The number of amides is 3. The molecule has 0 saturated carbocycles. The molecule has 26 heavy (non-hydrogen) atoms. The Morgan fingerprint density at radius 2 is 1.81 bits per heavy atom. The molecule has 2 aromatic rings. The van der Waals surface area contributed by atoms with Crippen LogP contribution in [0.2, 0.25) is 0 Å². The quantitative estimate of drug-likeness (QED) is 0.865. The summed E-state index contributed by atoms with van der Waals surface area (Å²) < 4.78 is 0. The molecule has 2 aliphatic heterocycles. The van der Waals surface area contributed by atoms with E-state index in [9.17, 15) is 14.4 Å². The number of anilines is 1. The first kappa shape index (κ1) is 16.4. The number of nitrogens with zero attached hydrogens (tertiary/aromatic N) is 2. The number of hydrogen-bond donors (Lipinski definition) is 2. The van der Waals surface area contributed by atoms with Gasteiger partial charge in [-0.05, 0) is 35.9 Å². The predicted molar refractivity (Wildman–Crippen MR) is 95.8 cm³/mol. The van der Waals surface area contributed by atoms with E-state index in [1.54, 1.807) is 34.2 Å². The molecule has 2 N–H and O–H groups in total. The van der Waals surface area contributed by atoms with E-state index in [1.807, 2.05) is 12.1 Å². The number of carbonyl (C=O) groups excluding carboxylic acids is 3. The van der Waals surface area contributed by atoms with Crippen LogP contribution in [0.3, 0.4) is 0 Å². The minimum absolute atomic E-state index is 0.0428. The monoisotopic (exact) mass is 352 g/mol. The third-order valence-electron chi connectivity index (χ3n) is 4.90. The lowest BCUT2D eigenvalue weighted by Crippen LogP contribution is -2.51. The lowest BCUT2D eigenvalue weighted by molar-refractivity contribution is -0.132. The maximum Gasteiger partial charge on any atom is 0.253 e. The zero-order valence-corrected chi connectivity index (χ0v) is 14.3. The maximum atomic E-state index is 12.7. The van der Waals surface area contributed by atoms with Gasteiger partial charge in [0.05, 0.1) is 12.8 Å². The van der Waals surface area contributed by atoms with E-state index in [0.717, 1.165) is 16.9 Å². The van der Waals surface area contributed by atoms with Crippen LogP contribution in [0.4, 0.5) is 5.69 Å². The fourth-order valence-electron chi connectivity index (χ4n) is 3.46. The van der Waals surface area contributed by atoms with Crippen LogP contribution in [0, 0.1) is 0 Å². The van der Waals surface area contributed by atoms with Crippen LogP contribution in [0.15, 0.2) is 36.5 Å². The average Bonchev–Trinajstić information content (AvgIpc) is 3.28. The number of nitrogens with one attached hydrogen (secondary N) is 2. The Bertz CT molecular complexity index is 852. The van der Waals surface area contributed by atoms with E-state index in [0.29, 0.717) is 44.6 Å². The smallest absolute Gasteiger partial charge is 0.253 e. The molecule has 4 rings (SSSR count). The summed E-state index contributed by atoms with van der Waals surface area (Å²) in [4.78, 5) is 43.1. The van der Waals surface area contributed by atoms with Gasteiger partial charge in [0, 0.05) is 49.3 Å². The lowest BCUT2D eigenvalue weighted by Gasteiger charge is -2.35. The molecule has 0 unspecified atom stereocenters. The molecular formula is C19H20N4O3. The highest BCUT2D eigenvalue weighted by Crippen LogP contribution is 2.24. The fraction of sp³-hybridized carbons (Fsp3) is 0.316. The SMILES string of the molecule is O=C1Cc2cc(C(=O)N3CCN(C(=O)Cc4ccc[nH]4)CC3)ccc2N1. The first-order valence-corrected chi connectivity index (χ1v) is 8.72. The average molecular weight is 352 g/mol. The largest absolute Gasteiger partial charge is 0.365 e. The number of aromatic amines is 1. The summed E-state index contributed by atoms with van der Waals surface area (Å²) in [5, 5.41) is 2.77. The van der Waals surface area contributed by atoms with Crippen LogP contribution in [0.1, 0.15) is 21.6 Å². The van der Waals surface area contributed by atoms with Gasteiger partial charge in [-0.15, -0.1) is 0 Å². The Morgan fingerprint density at radius 1 is 1.04 bits per heavy atom. The lowest BCUT2D eigenvalue weighted by atomic mass is 10.1. The number of H-pyrrole nitrogens is 1. The number of fused-ring (bicyclic) bond motifs is 1. The topological polar surface area (TPSA) is 85.5 Å². The molecule has 0 atom stereocenters. The normalized spacial score (nSPS) is 16.4. The maximum absolute atomic E-state index is 12.7. The van der Waals surface area contributed by atoms with Gasteiger partial charge in [-0.3, -0.25) is 14.4 Å². The minimum Gasteiger partial charge on any atom is -0.365 e. The summed E-state index contributed by atoms with van der Waals surface area (Å²) in [6.07, 6.45) is 2.48. The van der Waals surface area contributed by atoms with Gasteiger partial charge in [-0.25, -0.2) is 0 Å². The van der Waals surface area contributed by atoms with Crippen molar-refractivity contribution in [2.24, 2.45) is 0 Å². The van der Waals surface area contributed by atoms with E-state index in [2.05, 4.69) is 10.3 Å². The van der Waals surface area contributed by atoms with Crippen LogP contribution < -0.4 is 5.32 Å². The molecule has 0 aliphatic carbocycles. The Morgan fingerprint density at radius 3 is 2.54 bits per heavy atom. The molecule has 134 valence electrons. The molecule has 0 radical (unpaired) electrons. The predicted octanol–water partition coefficient (Wildman–Crippen LogP) is 1.04. The fourth-order valence-corrected chi connectivity index (χ4v) is 3.46. The molecule has 1 saturated heterocycles. The van der Waals surface area contributed by atoms with Crippen LogP contribution in [-0.2, 0) is 22.4 Å². The van der Waals surface area contributed by atoms with Gasteiger partial charge in [0.2, 0.25) is 11.8 Å². The second-order valence-electron chi connectivity index (χ2n) is 6.64. The van der Waals surface area contributed by atoms with Crippen LogP contribution in [0.25, 0.3) is 0 Å². The van der Waals surface area contributed by atoms with Crippen molar-refractivity contribution >= 4 is 23.4 Å². The minimum atomic E-state index is -0.0522. The number of benzene rings is 1. The number of hydrogen-bond acceptors (Lipinski definition) is 3. The van der Waals surface area contributed by atoms with Gasteiger partial charge in [0.15, 0.2) is 0 Å². The van der Waals surface area contributed by atoms with E-state index in [1.165, 1.54) is 0 Å². The molecule has 1 aromatic carbocycles. The van der Waals surface area contributed by atoms with Crippen molar-refractivity contribution < 1.29 is 14.4 Å². The van der Waals surface area contributed by atoms with Gasteiger partial charge < -0.3 is 20.1 Å². The van der Waals surface area contributed by atoms with Crippen molar-refractivity contribution in [3.05, 3.63) is 53.3 Å². The summed E-state index contributed by atoms with van der Waals surface area (Å²) in [7, 11) is 0. The number of carbonyl (C=O) groups is 3. The van der Waals surface area contributed by atoms with E-state index in [-0.39, 0.29) is 17.7 Å². The second-order valence-corrected chi connectivity index (χ2v) is 6.64. The highest BCUT2D eigenvalue weighted by atomic mass is 16.2. The van der Waals surface area contributed by atoms with E-state index >= 15 is 0 Å². The van der Waals surface area contributed by atoms with Gasteiger partial charge in [-0.2, -0.15) is 0 Å². The standard InChI is InChI=1S/C19H20N4O3/c24-17-11-14-10-13(3-4-16(14)21-17)19(26)23-8-6-22(7-9-23)18(25)12-15-2-1-5-20-15/h1-5,10,20H,6-9,11-12H2,(H,21,24). The Labute approximate surface area is 151 Å². The van der Waals surface area contributed by atoms with E-state index < -0.39 is 0 Å². The summed E-state index contributed by atoms with van der Waals surface area (Å²) >= 11 is 0. The molecule has 3 amide bonds. The highest BCUT2D eigenvalue weighted by molar-refractivity contribution is 6.01. The molecule has 1 aromatic heterocycles. The third kappa shape index (κ3) is 3.20. The molecule has 3 heterocycles. The number of piperazine rings is 1. The van der Waals surface area contributed by atoms with Crippen molar-refractivity contribution in [2.75, 3.05) is 31.5 Å². The summed E-state index contributed by atoms with van der Waals surface area (Å²) in [6, 6.07) is 9.08. The second kappa shape index (κ2) is 6.67. The van der Waals surface area contributed by atoms with Gasteiger partial charge in [-0.1, -0.05) is 0 Å². The highest BCUT2D eigenvalue weighted by Gasteiger charge is 2.26. The number of rotatable bonds is 3. The van der Waals surface area contributed by atoms with Crippen LogP contribution in [0.5, 0.6) is 0 Å².